The Kier molecular flexibility index (Phi) is 3.79. The summed E-state index contributed by atoms with van der Waals surface area (Å²) in [7, 11) is 1.90. The van der Waals surface area contributed by atoms with Crippen LogP contribution in [0, 0.1) is 0 Å². The molecule has 0 radical (unpaired) electrons. The SMILES string of the molecule is Cn1cc(-c2cnc3c(Nc4ccc5[nH]c(-c6cccnc6)nc5c4)nccn23)cn1. The molecule has 0 amide bonds. The van der Waals surface area contributed by atoms with Crippen molar-refractivity contribution in [1.82, 2.24) is 39.1 Å². The van der Waals surface area contributed by atoms with Crippen molar-refractivity contribution in [3.63, 3.8) is 0 Å². The quantitative estimate of drug-likeness (QED) is 0.461. The predicted molar refractivity (Wildman–Crippen MR) is 118 cm³/mol. The van der Waals surface area contributed by atoms with Crippen LogP contribution in [0.2, 0.25) is 0 Å². The van der Waals surface area contributed by atoms with Gasteiger partial charge in [0.25, 0.3) is 0 Å². The molecule has 0 bridgehead atoms. The first kappa shape index (κ1) is 17.3. The van der Waals surface area contributed by atoms with Crippen LogP contribution < -0.4 is 5.32 Å². The minimum atomic E-state index is 0.667. The fourth-order valence-electron chi connectivity index (χ4n) is 3.63. The van der Waals surface area contributed by atoms with E-state index >= 15 is 0 Å². The molecule has 5 heterocycles. The topological polar surface area (TPSA) is 102 Å². The Labute approximate surface area is 176 Å². The second-order valence-electron chi connectivity index (χ2n) is 7.20. The van der Waals surface area contributed by atoms with Crippen LogP contribution in [0.3, 0.4) is 0 Å². The maximum Gasteiger partial charge on any atom is 0.180 e. The lowest BCUT2D eigenvalue weighted by atomic mass is 10.2. The van der Waals surface area contributed by atoms with Crippen LogP contribution in [0.1, 0.15) is 0 Å². The lowest BCUT2D eigenvalue weighted by molar-refractivity contribution is 0.768. The zero-order valence-electron chi connectivity index (χ0n) is 16.6. The first-order valence-electron chi connectivity index (χ1n) is 9.73. The average molecular weight is 407 g/mol. The number of anilines is 2. The van der Waals surface area contributed by atoms with Gasteiger partial charge in [0, 0.05) is 54.8 Å². The molecule has 0 aliphatic rings. The first-order valence-corrected chi connectivity index (χ1v) is 9.73. The van der Waals surface area contributed by atoms with Crippen LogP contribution in [0.15, 0.2) is 73.7 Å². The van der Waals surface area contributed by atoms with Gasteiger partial charge in [-0.15, -0.1) is 0 Å². The number of pyridine rings is 1. The molecule has 6 aromatic rings. The molecule has 0 spiro atoms. The minimum Gasteiger partial charge on any atom is -0.338 e. The average Bonchev–Trinajstić information content (AvgIpc) is 3.52. The van der Waals surface area contributed by atoms with E-state index in [1.54, 1.807) is 23.3 Å². The number of hydrogen-bond acceptors (Lipinski definition) is 6. The number of fused-ring (bicyclic) bond motifs is 2. The molecular weight excluding hydrogens is 390 g/mol. The lowest BCUT2D eigenvalue weighted by Crippen LogP contribution is -1.98. The summed E-state index contributed by atoms with van der Waals surface area (Å²) in [5.74, 6) is 1.45. The van der Waals surface area contributed by atoms with E-state index in [2.05, 4.69) is 30.4 Å². The molecule has 6 rings (SSSR count). The molecule has 0 saturated heterocycles. The molecule has 0 unspecified atom stereocenters. The highest BCUT2D eigenvalue weighted by Crippen LogP contribution is 2.27. The van der Waals surface area contributed by atoms with Gasteiger partial charge in [-0.2, -0.15) is 5.10 Å². The Bertz CT molecular complexity index is 1530. The molecule has 0 saturated carbocycles. The van der Waals surface area contributed by atoms with E-state index in [1.165, 1.54) is 0 Å². The summed E-state index contributed by atoms with van der Waals surface area (Å²) in [5.41, 5.74) is 6.32. The number of nitrogens with one attached hydrogen (secondary N) is 2. The monoisotopic (exact) mass is 407 g/mol. The summed E-state index contributed by atoms with van der Waals surface area (Å²) in [6.07, 6.45) is 12.8. The van der Waals surface area contributed by atoms with Gasteiger partial charge in [-0.05, 0) is 30.3 Å². The molecule has 2 N–H and O–H groups in total. The van der Waals surface area contributed by atoms with Crippen LogP contribution in [-0.4, -0.2) is 39.1 Å². The molecule has 5 aromatic heterocycles. The van der Waals surface area contributed by atoms with E-state index < -0.39 is 0 Å². The summed E-state index contributed by atoms with van der Waals surface area (Å²) in [6.45, 7) is 0. The summed E-state index contributed by atoms with van der Waals surface area (Å²) in [4.78, 5) is 21.3. The Morgan fingerprint density at radius 3 is 2.81 bits per heavy atom. The van der Waals surface area contributed by atoms with Gasteiger partial charge in [-0.25, -0.2) is 15.0 Å². The number of H-pyrrole nitrogens is 1. The number of benzene rings is 1. The largest absolute Gasteiger partial charge is 0.338 e. The van der Waals surface area contributed by atoms with Crippen LogP contribution >= 0.6 is 0 Å². The van der Waals surface area contributed by atoms with Crippen LogP contribution in [-0.2, 0) is 7.05 Å². The van der Waals surface area contributed by atoms with Crippen molar-refractivity contribution in [3.05, 3.63) is 73.7 Å². The molecule has 150 valence electrons. The van der Waals surface area contributed by atoms with Crippen molar-refractivity contribution in [2.24, 2.45) is 7.05 Å². The zero-order valence-corrected chi connectivity index (χ0v) is 16.6. The van der Waals surface area contributed by atoms with E-state index in [0.717, 1.165) is 45.0 Å². The maximum absolute atomic E-state index is 4.71. The zero-order chi connectivity index (χ0) is 20.8. The van der Waals surface area contributed by atoms with Crippen molar-refractivity contribution in [2.75, 3.05) is 5.32 Å². The third-order valence-electron chi connectivity index (χ3n) is 5.11. The number of aromatic amines is 1. The van der Waals surface area contributed by atoms with Gasteiger partial charge in [-0.1, -0.05) is 0 Å². The third-order valence-corrected chi connectivity index (χ3v) is 5.11. The predicted octanol–water partition coefficient (Wildman–Crippen LogP) is 3.81. The summed E-state index contributed by atoms with van der Waals surface area (Å²) in [6, 6.07) is 9.85. The summed E-state index contributed by atoms with van der Waals surface area (Å²) >= 11 is 0. The van der Waals surface area contributed by atoms with Gasteiger partial charge in [0.15, 0.2) is 11.5 Å². The molecule has 0 aliphatic carbocycles. The van der Waals surface area contributed by atoms with Gasteiger partial charge in [0.1, 0.15) is 5.82 Å². The number of rotatable bonds is 4. The summed E-state index contributed by atoms with van der Waals surface area (Å²) < 4.78 is 3.77. The molecule has 31 heavy (non-hydrogen) atoms. The number of nitrogens with zero attached hydrogens (tertiary/aromatic N) is 7. The van der Waals surface area contributed by atoms with Crippen LogP contribution in [0.4, 0.5) is 11.5 Å². The van der Waals surface area contributed by atoms with Crippen molar-refractivity contribution >= 4 is 28.2 Å². The molecule has 0 fully saturated rings. The van der Waals surface area contributed by atoms with E-state index in [-0.39, 0.29) is 0 Å². The van der Waals surface area contributed by atoms with E-state index in [1.807, 2.05) is 66.6 Å². The van der Waals surface area contributed by atoms with E-state index in [9.17, 15) is 0 Å². The number of hydrogen-bond donors (Lipinski definition) is 2. The lowest BCUT2D eigenvalue weighted by Gasteiger charge is -2.07. The molecule has 1 aromatic carbocycles. The highest BCUT2D eigenvalue weighted by molar-refractivity contribution is 5.84. The number of aryl methyl sites for hydroxylation is 1. The third kappa shape index (κ3) is 2.99. The van der Waals surface area contributed by atoms with Crippen molar-refractivity contribution in [3.8, 4) is 22.6 Å². The Morgan fingerprint density at radius 1 is 1.00 bits per heavy atom. The van der Waals surface area contributed by atoms with Gasteiger partial charge in [0.05, 0.1) is 29.1 Å². The minimum absolute atomic E-state index is 0.667. The fourth-order valence-corrected chi connectivity index (χ4v) is 3.63. The molecule has 0 aliphatic heterocycles. The van der Waals surface area contributed by atoms with Crippen LogP contribution in [0.25, 0.3) is 39.3 Å². The van der Waals surface area contributed by atoms with Gasteiger partial charge < -0.3 is 10.3 Å². The standard InChI is InChI=1S/C22H17N9/c1-30-13-15(11-26-30)19-12-25-22-21(24-7-8-31(19)22)27-16-4-5-17-18(9-16)29-20(28-17)14-3-2-6-23-10-14/h2-13H,1H3,(H,24,27)(H,28,29). The van der Waals surface area contributed by atoms with Crippen LogP contribution in [0.5, 0.6) is 0 Å². The van der Waals surface area contributed by atoms with Crippen molar-refractivity contribution in [2.45, 2.75) is 0 Å². The van der Waals surface area contributed by atoms with Gasteiger partial charge in [-0.3, -0.25) is 14.1 Å². The number of imidazole rings is 2. The Hall–Kier alpha value is -4.53. The molecule has 9 heteroatoms. The Morgan fingerprint density at radius 2 is 1.97 bits per heavy atom. The van der Waals surface area contributed by atoms with Crippen molar-refractivity contribution in [1.29, 1.82) is 0 Å². The van der Waals surface area contributed by atoms with Gasteiger partial charge >= 0.3 is 0 Å². The first-order chi connectivity index (χ1) is 15.2. The molecule has 0 atom stereocenters. The second-order valence-corrected chi connectivity index (χ2v) is 7.20. The summed E-state index contributed by atoms with van der Waals surface area (Å²) in [5, 5.41) is 7.63. The normalized spacial score (nSPS) is 11.4. The number of aromatic nitrogens is 8. The maximum atomic E-state index is 4.71. The highest BCUT2D eigenvalue weighted by Gasteiger charge is 2.12. The highest BCUT2D eigenvalue weighted by atomic mass is 15.2. The van der Waals surface area contributed by atoms with E-state index in [0.29, 0.717) is 5.82 Å². The second kappa shape index (κ2) is 6.77. The van der Waals surface area contributed by atoms with Crippen molar-refractivity contribution < 1.29 is 0 Å². The molecular formula is C22H17N9. The Balaban J connectivity index is 1.36. The van der Waals surface area contributed by atoms with E-state index in [4.69, 9.17) is 4.98 Å². The van der Waals surface area contributed by atoms with Gasteiger partial charge in [0.2, 0.25) is 0 Å². The molecule has 9 nitrogen and oxygen atoms in total. The smallest absolute Gasteiger partial charge is 0.180 e. The fraction of sp³-hybridized carbons (Fsp3) is 0.0455.